The van der Waals surface area contributed by atoms with Crippen LogP contribution < -0.4 is 5.73 Å². The number of aliphatic imine (C=N–C) groups is 1. The maximum absolute atomic E-state index is 10.7. The standard InChI is InChI=1S/C8H14N2O2/c1-2-3-4-5-10-8(12)6-7(9)11/h5H,2-4,6H2,1H3,(H2,9,11). The normalized spacial score (nSPS) is 10.4. The first-order valence-corrected chi connectivity index (χ1v) is 4.00. The average Bonchev–Trinajstić information content (AvgIpc) is 1.97. The molecule has 0 bridgehead atoms. The lowest BCUT2D eigenvalue weighted by atomic mass is 10.3. The van der Waals surface area contributed by atoms with Crippen molar-refractivity contribution in [2.45, 2.75) is 32.6 Å². The number of hydrogen-bond donors (Lipinski definition) is 1. The summed E-state index contributed by atoms with van der Waals surface area (Å²) in [5, 5.41) is 0. The Balaban J connectivity index is 3.54. The van der Waals surface area contributed by atoms with Crippen LogP contribution >= 0.6 is 0 Å². The van der Waals surface area contributed by atoms with Crippen molar-refractivity contribution in [1.29, 1.82) is 0 Å². The van der Waals surface area contributed by atoms with Crippen molar-refractivity contribution in [3.05, 3.63) is 0 Å². The van der Waals surface area contributed by atoms with Gasteiger partial charge in [-0.1, -0.05) is 13.3 Å². The molecule has 0 fully saturated rings. The Bertz CT molecular complexity index is 187. The molecule has 4 heteroatoms. The van der Waals surface area contributed by atoms with Crippen LogP contribution in [0.25, 0.3) is 0 Å². The molecule has 4 nitrogen and oxygen atoms in total. The molecule has 0 aliphatic heterocycles. The van der Waals surface area contributed by atoms with Crippen molar-refractivity contribution in [1.82, 2.24) is 0 Å². The van der Waals surface area contributed by atoms with E-state index in [1.165, 1.54) is 6.21 Å². The van der Waals surface area contributed by atoms with E-state index in [-0.39, 0.29) is 6.42 Å². The zero-order valence-electron chi connectivity index (χ0n) is 7.25. The fourth-order valence-electron chi connectivity index (χ4n) is 0.656. The number of hydrogen-bond acceptors (Lipinski definition) is 2. The third-order valence-corrected chi connectivity index (χ3v) is 1.25. The second-order valence-electron chi connectivity index (χ2n) is 2.49. The van der Waals surface area contributed by atoms with Gasteiger partial charge >= 0.3 is 0 Å². The van der Waals surface area contributed by atoms with Crippen LogP contribution in [0.3, 0.4) is 0 Å². The Kier molecular flexibility index (Phi) is 5.87. The van der Waals surface area contributed by atoms with Gasteiger partial charge in [0.15, 0.2) is 0 Å². The van der Waals surface area contributed by atoms with E-state index in [0.29, 0.717) is 0 Å². The van der Waals surface area contributed by atoms with E-state index in [1.54, 1.807) is 0 Å². The molecule has 0 atom stereocenters. The molecule has 0 aromatic carbocycles. The number of carbonyl (C=O) groups excluding carboxylic acids is 2. The summed E-state index contributed by atoms with van der Waals surface area (Å²) in [5.41, 5.74) is 4.79. The van der Waals surface area contributed by atoms with Gasteiger partial charge < -0.3 is 5.73 Å². The largest absolute Gasteiger partial charge is 0.369 e. The summed E-state index contributed by atoms with van der Waals surface area (Å²) >= 11 is 0. The highest BCUT2D eigenvalue weighted by atomic mass is 16.2. The first-order chi connectivity index (χ1) is 5.66. The summed E-state index contributed by atoms with van der Waals surface area (Å²) < 4.78 is 0. The highest BCUT2D eigenvalue weighted by Gasteiger charge is 2.01. The predicted molar refractivity (Wildman–Crippen MR) is 46.8 cm³/mol. The minimum absolute atomic E-state index is 0.289. The molecule has 0 radical (unpaired) electrons. The fraction of sp³-hybridized carbons (Fsp3) is 0.625. The van der Waals surface area contributed by atoms with Crippen molar-refractivity contribution >= 4 is 18.0 Å². The second kappa shape index (κ2) is 6.52. The number of primary amides is 1. The molecule has 0 saturated heterocycles. The van der Waals surface area contributed by atoms with Gasteiger partial charge in [0.1, 0.15) is 6.42 Å². The Hall–Kier alpha value is -1.19. The van der Waals surface area contributed by atoms with Crippen molar-refractivity contribution in [3.8, 4) is 0 Å². The average molecular weight is 170 g/mol. The van der Waals surface area contributed by atoms with Crippen LogP contribution in [-0.2, 0) is 9.59 Å². The van der Waals surface area contributed by atoms with Crippen LogP contribution in [-0.4, -0.2) is 18.0 Å². The molecule has 0 aliphatic carbocycles. The number of rotatable bonds is 5. The van der Waals surface area contributed by atoms with E-state index >= 15 is 0 Å². The Morgan fingerprint density at radius 1 is 1.50 bits per heavy atom. The summed E-state index contributed by atoms with van der Waals surface area (Å²) in [6.45, 7) is 2.05. The Morgan fingerprint density at radius 3 is 2.67 bits per heavy atom. The van der Waals surface area contributed by atoms with E-state index in [2.05, 4.69) is 11.9 Å². The van der Waals surface area contributed by atoms with Gasteiger partial charge in [0.25, 0.3) is 5.91 Å². The first-order valence-electron chi connectivity index (χ1n) is 4.00. The highest BCUT2D eigenvalue weighted by Crippen LogP contribution is 1.91. The lowest BCUT2D eigenvalue weighted by molar-refractivity contribution is -0.125. The van der Waals surface area contributed by atoms with E-state index in [0.717, 1.165) is 19.3 Å². The molecule has 0 saturated carbocycles. The number of nitrogens with zero attached hydrogens (tertiary/aromatic N) is 1. The quantitative estimate of drug-likeness (QED) is 0.374. The smallest absolute Gasteiger partial charge is 0.254 e. The fourth-order valence-corrected chi connectivity index (χ4v) is 0.656. The minimum Gasteiger partial charge on any atom is -0.369 e. The maximum Gasteiger partial charge on any atom is 0.254 e. The van der Waals surface area contributed by atoms with Gasteiger partial charge in [-0.25, -0.2) is 4.99 Å². The molecular formula is C8H14N2O2. The lowest BCUT2D eigenvalue weighted by Crippen LogP contribution is -2.14. The third-order valence-electron chi connectivity index (χ3n) is 1.25. The van der Waals surface area contributed by atoms with Crippen LogP contribution in [0.5, 0.6) is 0 Å². The molecule has 0 aromatic heterocycles. The second-order valence-corrected chi connectivity index (χ2v) is 2.49. The van der Waals surface area contributed by atoms with E-state index in [9.17, 15) is 9.59 Å². The zero-order valence-corrected chi connectivity index (χ0v) is 7.25. The molecule has 0 aromatic rings. The van der Waals surface area contributed by atoms with Crippen LogP contribution in [0.2, 0.25) is 0 Å². The number of amides is 2. The first kappa shape index (κ1) is 10.8. The van der Waals surface area contributed by atoms with Crippen molar-refractivity contribution in [2.75, 3.05) is 0 Å². The summed E-state index contributed by atoms with van der Waals surface area (Å²) in [4.78, 5) is 24.5. The molecule has 0 rings (SSSR count). The van der Waals surface area contributed by atoms with Gasteiger partial charge in [-0.15, -0.1) is 0 Å². The topological polar surface area (TPSA) is 72.5 Å². The van der Waals surface area contributed by atoms with Gasteiger partial charge in [0.2, 0.25) is 5.91 Å². The van der Waals surface area contributed by atoms with E-state index < -0.39 is 11.8 Å². The van der Waals surface area contributed by atoms with Gasteiger partial charge in [-0.3, -0.25) is 9.59 Å². The number of carbonyl (C=O) groups is 2. The Morgan fingerprint density at radius 2 is 2.17 bits per heavy atom. The summed E-state index contributed by atoms with van der Waals surface area (Å²) in [7, 11) is 0. The van der Waals surface area contributed by atoms with Crippen LogP contribution in [0.1, 0.15) is 32.6 Å². The van der Waals surface area contributed by atoms with Crippen molar-refractivity contribution < 1.29 is 9.59 Å². The van der Waals surface area contributed by atoms with Crippen molar-refractivity contribution in [3.63, 3.8) is 0 Å². The molecule has 0 spiro atoms. The van der Waals surface area contributed by atoms with E-state index in [1.807, 2.05) is 0 Å². The van der Waals surface area contributed by atoms with Gasteiger partial charge in [0.05, 0.1) is 0 Å². The SMILES string of the molecule is CCCCC=NC(=O)CC(N)=O. The van der Waals surface area contributed by atoms with Crippen molar-refractivity contribution in [2.24, 2.45) is 10.7 Å². The summed E-state index contributed by atoms with van der Waals surface area (Å²) in [6, 6.07) is 0. The predicted octanol–water partition coefficient (Wildman–Crippen LogP) is 0.649. The molecule has 0 heterocycles. The van der Waals surface area contributed by atoms with Gasteiger partial charge in [-0.05, 0) is 12.8 Å². The zero-order chi connectivity index (χ0) is 9.40. The minimum atomic E-state index is -0.632. The lowest BCUT2D eigenvalue weighted by Gasteiger charge is -1.89. The molecular weight excluding hydrogens is 156 g/mol. The van der Waals surface area contributed by atoms with Gasteiger partial charge in [0, 0.05) is 6.21 Å². The van der Waals surface area contributed by atoms with Crippen LogP contribution in [0.15, 0.2) is 4.99 Å². The molecule has 68 valence electrons. The molecule has 2 amide bonds. The summed E-state index contributed by atoms with van der Waals surface area (Å²) in [6.07, 6.45) is 4.10. The maximum atomic E-state index is 10.7. The number of nitrogens with two attached hydrogens (primary N) is 1. The third kappa shape index (κ3) is 6.92. The monoisotopic (exact) mass is 170 g/mol. The van der Waals surface area contributed by atoms with Crippen LogP contribution in [0, 0.1) is 0 Å². The number of unbranched alkanes of at least 4 members (excludes halogenated alkanes) is 2. The Labute approximate surface area is 71.9 Å². The summed E-state index contributed by atoms with van der Waals surface area (Å²) in [5.74, 6) is -1.09. The molecule has 2 N–H and O–H groups in total. The molecule has 0 aliphatic rings. The molecule has 0 unspecified atom stereocenters. The van der Waals surface area contributed by atoms with Crippen LogP contribution in [0.4, 0.5) is 0 Å². The van der Waals surface area contributed by atoms with Gasteiger partial charge in [-0.2, -0.15) is 0 Å². The molecule has 12 heavy (non-hydrogen) atoms. The van der Waals surface area contributed by atoms with E-state index in [4.69, 9.17) is 5.73 Å². The highest BCUT2D eigenvalue weighted by molar-refractivity contribution is 5.99.